The molecule has 34 heavy (non-hydrogen) atoms. The summed E-state index contributed by atoms with van der Waals surface area (Å²) in [6, 6.07) is 0. The van der Waals surface area contributed by atoms with E-state index in [1.54, 1.807) is 0 Å². The molecule has 16 nitrogen and oxygen atoms in total. The van der Waals surface area contributed by atoms with Crippen LogP contribution in [0, 0.1) is 0 Å². The van der Waals surface area contributed by atoms with E-state index in [0.717, 1.165) is 0 Å². The van der Waals surface area contributed by atoms with Gasteiger partial charge in [0.25, 0.3) is 0 Å². The fourth-order valence-corrected chi connectivity index (χ4v) is 3.76. The van der Waals surface area contributed by atoms with Crippen LogP contribution in [0.15, 0.2) is 0 Å². The van der Waals surface area contributed by atoms with Crippen LogP contribution < -0.4 is 0 Å². The molecule has 3 rings (SSSR count). The van der Waals surface area contributed by atoms with E-state index in [1.165, 1.54) is 0 Å². The van der Waals surface area contributed by atoms with Crippen LogP contribution in [-0.2, 0) is 23.7 Å². The molecule has 200 valence electrons. The second-order valence-corrected chi connectivity index (χ2v) is 8.46. The molecule has 3 aliphatic heterocycles. The molecule has 2 unspecified atom stereocenters. The van der Waals surface area contributed by atoms with Gasteiger partial charge in [0.1, 0.15) is 73.2 Å². The summed E-state index contributed by atoms with van der Waals surface area (Å²) in [7, 11) is 0. The average Bonchev–Trinajstić information content (AvgIpc) is 3.02. The highest BCUT2D eigenvalue weighted by molar-refractivity contribution is 4.92. The number of ether oxygens (including phenoxy) is 5. The van der Waals surface area contributed by atoms with E-state index >= 15 is 0 Å². The zero-order valence-corrected chi connectivity index (χ0v) is 17.7. The lowest BCUT2D eigenvalue weighted by atomic mass is 10.0. The third-order valence-electron chi connectivity index (χ3n) is 6.01. The summed E-state index contributed by atoms with van der Waals surface area (Å²) in [6.45, 7) is -1.68. The van der Waals surface area contributed by atoms with Crippen LogP contribution in [0.1, 0.15) is 0 Å². The highest BCUT2D eigenvalue weighted by atomic mass is 16.7. The lowest BCUT2D eigenvalue weighted by Gasteiger charge is -2.31. The van der Waals surface area contributed by atoms with Gasteiger partial charge in [-0.2, -0.15) is 0 Å². The molecule has 3 fully saturated rings. The molecule has 16 heteroatoms. The van der Waals surface area contributed by atoms with Crippen molar-refractivity contribution in [2.24, 2.45) is 0 Å². The van der Waals surface area contributed by atoms with Crippen molar-refractivity contribution in [1.29, 1.82) is 0 Å². The Morgan fingerprint density at radius 3 is 1.35 bits per heavy atom. The predicted molar refractivity (Wildman–Crippen MR) is 101 cm³/mol. The van der Waals surface area contributed by atoms with Gasteiger partial charge in [0.15, 0.2) is 18.9 Å². The molecule has 0 aromatic heterocycles. The number of hydrogen-bond acceptors (Lipinski definition) is 16. The molecule has 3 saturated heterocycles. The number of aliphatic hydroxyl groups is 11. The minimum absolute atomic E-state index is 0.542. The largest absolute Gasteiger partial charge is 0.388 e. The first-order valence-corrected chi connectivity index (χ1v) is 10.6. The molecular weight excluding hydrogens is 472 g/mol. The van der Waals surface area contributed by atoms with Crippen molar-refractivity contribution in [3.63, 3.8) is 0 Å². The summed E-state index contributed by atoms with van der Waals surface area (Å²) in [6.07, 6.45) is -26.5. The van der Waals surface area contributed by atoms with Crippen molar-refractivity contribution in [2.45, 2.75) is 92.1 Å². The molecule has 0 aliphatic carbocycles. The Kier molecular flexibility index (Phi) is 9.54. The first-order valence-electron chi connectivity index (χ1n) is 10.6. The predicted octanol–water partition coefficient (Wildman–Crippen LogP) is -7.57. The smallest absolute Gasteiger partial charge is 0.186 e. The van der Waals surface area contributed by atoms with Crippen molar-refractivity contribution in [3.05, 3.63) is 0 Å². The van der Waals surface area contributed by atoms with E-state index in [1.807, 2.05) is 0 Å². The maximum Gasteiger partial charge on any atom is 0.186 e. The average molecular weight is 504 g/mol. The number of rotatable bonds is 4. The van der Waals surface area contributed by atoms with Gasteiger partial charge in [0, 0.05) is 0 Å². The molecule has 0 radical (unpaired) electrons. The van der Waals surface area contributed by atoms with Gasteiger partial charge in [0.05, 0.1) is 19.8 Å². The Morgan fingerprint density at radius 2 is 0.824 bits per heavy atom. The normalized spacial score (nSPS) is 53.6. The Morgan fingerprint density at radius 1 is 0.412 bits per heavy atom. The zero-order chi connectivity index (χ0) is 25.3. The lowest BCUT2D eigenvalue weighted by molar-refractivity contribution is -0.264. The van der Waals surface area contributed by atoms with Crippen molar-refractivity contribution < 1.29 is 79.9 Å². The Labute approximate surface area is 192 Å². The minimum atomic E-state index is -1.97. The van der Waals surface area contributed by atoms with Crippen LogP contribution in [0.3, 0.4) is 0 Å². The van der Waals surface area contributed by atoms with Gasteiger partial charge in [-0.15, -0.1) is 0 Å². The molecule has 3 heterocycles. The fraction of sp³-hybridized carbons (Fsp3) is 1.00. The molecule has 15 atom stereocenters. The molecule has 0 spiro atoms. The van der Waals surface area contributed by atoms with Crippen LogP contribution in [0.5, 0.6) is 0 Å². The van der Waals surface area contributed by atoms with Gasteiger partial charge in [-0.25, -0.2) is 0 Å². The molecule has 0 aromatic rings. The first kappa shape index (κ1) is 27.9. The van der Waals surface area contributed by atoms with Crippen molar-refractivity contribution in [2.75, 3.05) is 19.8 Å². The van der Waals surface area contributed by atoms with E-state index < -0.39 is 112 Å². The maximum atomic E-state index is 10.4. The van der Waals surface area contributed by atoms with Crippen molar-refractivity contribution in [3.8, 4) is 0 Å². The number of hydrogen-bond donors (Lipinski definition) is 11. The Bertz CT molecular complexity index is 589. The van der Waals surface area contributed by atoms with Gasteiger partial charge in [-0.05, 0) is 0 Å². The summed E-state index contributed by atoms with van der Waals surface area (Å²) < 4.78 is 26.1. The Hall–Kier alpha value is -0.640. The first-order chi connectivity index (χ1) is 15.9. The topological polar surface area (TPSA) is 269 Å². The van der Waals surface area contributed by atoms with E-state index in [0.29, 0.717) is 0 Å². The number of aliphatic hydroxyl groups excluding tert-OH is 11. The summed E-state index contributed by atoms with van der Waals surface area (Å²) in [5, 5.41) is 110. The standard InChI is InChI=1S/C18H32O16/c19-4-1-31-17(14(27)10(23)7(4)20)34-6-3-32-18(15(28)12(25)9(6)22)33-5-2-30-16(29)13(26)11(24)8(5)21/h4-29H,1-3H2/t4-,5?,6-,7-,8-,9-,10+,11+,12?,13+,14+,15+,16+,17-,18-/m1/s1. The van der Waals surface area contributed by atoms with E-state index in [4.69, 9.17) is 23.7 Å². The summed E-state index contributed by atoms with van der Waals surface area (Å²) in [5.41, 5.74) is 0. The Balaban J connectivity index is 1.68. The molecule has 3 aliphatic rings. The lowest BCUT2D eigenvalue weighted by Crippen LogP contribution is -2.52. The maximum absolute atomic E-state index is 10.4. The van der Waals surface area contributed by atoms with E-state index in [9.17, 15) is 56.2 Å². The third-order valence-corrected chi connectivity index (χ3v) is 6.01. The quantitative estimate of drug-likeness (QED) is 0.170. The van der Waals surface area contributed by atoms with Gasteiger partial charge in [-0.1, -0.05) is 0 Å². The third kappa shape index (κ3) is 5.84. The summed E-state index contributed by atoms with van der Waals surface area (Å²) in [4.78, 5) is 0. The van der Waals surface area contributed by atoms with Crippen LogP contribution in [0.25, 0.3) is 0 Å². The van der Waals surface area contributed by atoms with Gasteiger partial charge in [-0.3, -0.25) is 0 Å². The summed E-state index contributed by atoms with van der Waals surface area (Å²) in [5.74, 6) is 0. The van der Waals surface area contributed by atoms with Crippen LogP contribution >= 0.6 is 0 Å². The van der Waals surface area contributed by atoms with Crippen LogP contribution in [0.4, 0.5) is 0 Å². The SMILES string of the molecule is OC1[C@H](O)[C@@H](OC2CO[C@H](O)[C@@H](O)[C@@H](O)[C@@H]2O)OC[C@@H](O[C@H]2OC[C@@H](O)[C@@H](O)[C@H](O)[C@@H]2O)[C@H]1O. The molecule has 0 saturated carbocycles. The minimum Gasteiger partial charge on any atom is -0.388 e. The monoisotopic (exact) mass is 504 g/mol. The van der Waals surface area contributed by atoms with Gasteiger partial charge >= 0.3 is 0 Å². The van der Waals surface area contributed by atoms with Crippen LogP contribution in [0.2, 0.25) is 0 Å². The molecular formula is C18H32O16. The molecule has 0 amide bonds. The van der Waals surface area contributed by atoms with Gasteiger partial charge < -0.3 is 79.9 Å². The molecule has 11 N–H and O–H groups in total. The van der Waals surface area contributed by atoms with Gasteiger partial charge in [0.2, 0.25) is 0 Å². The summed E-state index contributed by atoms with van der Waals surface area (Å²) >= 11 is 0. The highest BCUT2D eigenvalue weighted by Gasteiger charge is 2.48. The van der Waals surface area contributed by atoms with E-state index in [-0.39, 0.29) is 0 Å². The highest BCUT2D eigenvalue weighted by Crippen LogP contribution is 2.26. The second kappa shape index (κ2) is 11.6. The van der Waals surface area contributed by atoms with Crippen molar-refractivity contribution >= 4 is 0 Å². The zero-order valence-electron chi connectivity index (χ0n) is 17.7. The van der Waals surface area contributed by atoms with Crippen LogP contribution in [-0.4, -0.2) is 168 Å². The van der Waals surface area contributed by atoms with Crippen molar-refractivity contribution in [1.82, 2.24) is 0 Å². The fourth-order valence-electron chi connectivity index (χ4n) is 3.76. The molecule has 0 aromatic carbocycles. The second-order valence-electron chi connectivity index (χ2n) is 8.46. The van der Waals surface area contributed by atoms with E-state index in [2.05, 4.69) is 0 Å². The molecule has 0 bridgehead atoms.